The Kier molecular flexibility index (Phi) is 9.48. The van der Waals surface area contributed by atoms with Gasteiger partial charge in [0.05, 0.1) is 0 Å². The number of benzene rings is 2. The third-order valence-electron chi connectivity index (χ3n) is 6.58. The normalized spacial score (nSPS) is 19.3. The summed E-state index contributed by atoms with van der Waals surface area (Å²) in [5, 5.41) is 14.6. The minimum Gasteiger partial charge on any atom is -0.470 e. The minimum atomic E-state index is -0.344. The number of ether oxygens (including phenoxy) is 1. The van der Waals surface area contributed by atoms with Crippen molar-refractivity contribution in [2.75, 3.05) is 0 Å². The zero-order valence-corrected chi connectivity index (χ0v) is 20.9. The first-order valence-corrected chi connectivity index (χ1v) is 12.3. The molecule has 2 aromatic carbocycles. The van der Waals surface area contributed by atoms with Gasteiger partial charge in [0, 0.05) is 18.7 Å². The van der Waals surface area contributed by atoms with Gasteiger partial charge in [-0.1, -0.05) is 82.3 Å². The number of hydrogen-bond acceptors (Lipinski definition) is 4. The van der Waals surface area contributed by atoms with E-state index in [0.717, 1.165) is 24.0 Å². The first-order chi connectivity index (χ1) is 16.9. The average Bonchev–Trinajstić information content (AvgIpc) is 2.84. The molecule has 35 heavy (non-hydrogen) atoms. The average molecular weight is 475 g/mol. The topological polar surface area (TPSA) is 76.2 Å². The highest BCUT2D eigenvalue weighted by atomic mass is 16.6. The minimum absolute atomic E-state index is 0.0507. The maximum atomic E-state index is 12.5. The highest BCUT2D eigenvalue weighted by Crippen LogP contribution is 2.35. The van der Waals surface area contributed by atoms with E-state index in [4.69, 9.17) is 4.74 Å². The van der Waals surface area contributed by atoms with Crippen LogP contribution in [-0.4, -0.2) is 32.7 Å². The monoisotopic (exact) mass is 474 g/mol. The number of carbonyl (C=O) groups excluding carboxylic acids is 1. The third kappa shape index (κ3) is 7.71. The molecule has 0 heterocycles. The fourth-order valence-corrected chi connectivity index (χ4v) is 4.63. The molecular weight excluding hydrogens is 438 g/mol. The molecule has 0 unspecified atom stereocenters. The fraction of sp³-hybridized carbons (Fsp3) is 0.414. The standard InChI is InChI=1S/C29H35N3O3/c1-5-28(33)32(19-23-11-7-6-8-12-23)20-24-13-9-10-14-26(24)31-30-18-29(34)35-27-17-22(4)15-16-25(27)21(2)3/h5-14,21-22,25,27H,1,15-17,19-20H2,2-4H3/p+1/t22-,25+,27-/m1/s1. The summed E-state index contributed by atoms with van der Waals surface area (Å²) in [6, 6.07) is 17.3. The van der Waals surface area contributed by atoms with Crippen molar-refractivity contribution in [3.05, 3.63) is 84.3 Å². The van der Waals surface area contributed by atoms with Crippen LogP contribution >= 0.6 is 0 Å². The zero-order chi connectivity index (χ0) is 25.2. The molecule has 2 aromatic rings. The van der Waals surface area contributed by atoms with E-state index in [2.05, 4.69) is 43.1 Å². The molecule has 0 aromatic heterocycles. The highest BCUT2D eigenvalue weighted by Gasteiger charge is 2.33. The Balaban J connectivity index is 1.78. The first-order valence-electron chi connectivity index (χ1n) is 12.3. The molecule has 3 rings (SSSR count). The molecule has 0 spiro atoms. The van der Waals surface area contributed by atoms with Gasteiger partial charge in [0.2, 0.25) is 5.91 Å². The quantitative estimate of drug-likeness (QED) is 0.154. The third-order valence-corrected chi connectivity index (χ3v) is 6.58. The van der Waals surface area contributed by atoms with Crippen molar-refractivity contribution in [3.63, 3.8) is 0 Å². The summed E-state index contributed by atoms with van der Waals surface area (Å²) in [5.74, 6) is 3.44. The van der Waals surface area contributed by atoms with E-state index in [9.17, 15) is 9.90 Å². The molecule has 6 heteroatoms. The lowest BCUT2D eigenvalue weighted by Gasteiger charge is -2.36. The second kappa shape index (κ2) is 12.8. The SMILES string of the molecule is C=CC(=O)N(Cc1ccccc1)Cc1ccccc1N=[N+]=C=C(O)O[C@@H]1C[C@H](C)CC[C@H]1C(C)C. The molecule has 0 aliphatic heterocycles. The molecule has 1 saturated carbocycles. The van der Waals surface area contributed by atoms with Crippen LogP contribution < -0.4 is 0 Å². The number of hydrogen-bond donors (Lipinski definition) is 1. The van der Waals surface area contributed by atoms with Crippen LogP contribution in [-0.2, 0) is 22.6 Å². The van der Waals surface area contributed by atoms with Gasteiger partial charge in [-0.3, -0.25) is 4.79 Å². The van der Waals surface area contributed by atoms with Crippen LogP contribution in [0.4, 0.5) is 5.69 Å². The summed E-state index contributed by atoms with van der Waals surface area (Å²) >= 11 is 0. The largest absolute Gasteiger partial charge is 0.470 e. The predicted octanol–water partition coefficient (Wildman–Crippen LogP) is 6.24. The van der Waals surface area contributed by atoms with Crippen molar-refractivity contribution in [2.24, 2.45) is 22.9 Å². The summed E-state index contributed by atoms with van der Waals surface area (Å²) in [5.41, 5.74) is 2.44. The maximum absolute atomic E-state index is 12.5. The molecule has 1 fully saturated rings. The lowest BCUT2D eigenvalue weighted by molar-refractivity contribution is -0.127. The molecular formula is C29H36N3O3+. The molecule has 6 nitrogen and oxygen atoms in total. The molecule has 3 atom stereocenters. The van der Waals surface area contributed by atoms with Crippen LogP contribution in [0.25, 0.3) is 0 Å². The smallest absolute Gasteiger partial charge is 0.441 e. The summed E-state index contributed by atoms with van der Waals surface area (Å²) in [7, 11) is 0. The first kappa shape index (κ1) is 26.0. The van der Waals surface area contributed by atoms with Gasteiger partial charge < -0.3 is 14.7 Å². The van der Waals surface area contributed by atoms with Crippen LogP contribution in [0.1, 0.15) is 51.2 Å². The van der Waals surface area contributed by atoms with Crippen molar-refractivity contribution in [3.8, 4) is 0 Å². The summed E-state index contributed by atoms with van der Waals surface area (Å²) in [6.07, 6.45) is 4.45. The van der Waals surface area contributed by atoms with Gasteiger partial charge in [-0.05, 0) is 48.3 Å². The van der Waals surface area contributed by atoms with Gasteiger partial charge >= 0.3 is 11.8 Å². The number of amides is 1. The molecule has 0 bridgehead atoms. The number of carbonyl (C=O) groups is 1. The van der Waals surface area contributed by atoms with E-state index in [1.54, 1.807) is 4.90 Å². The summed E-state index contributed by atoms with van der Waals surface area (Å²) in [4.78, 5) is 18.2. The number of nitrogens with zero attached hydrogens (tertiary/aromatic N) is 3. The lowest BCUT2D eigenvalue weighted by Crippen LogP contribution is -2.34. The number of aliphatic hydroxyl groups is 1. The van der Waals surface area contributed by atoms with Crippen LogP contribution in [0.15, 0.2) is 78.3 Å². The summed E-state index contributed by atoms with van der Waals surface area (Å²) in [6.45, 7) is 11.0. The van der Waals surface area contributed by atoms with E-state index in [1.807, 2.05) is 54.6 Å². The van der Waals surface area contributed by atoms with Crippen molar-refractivity contribution < 1.29 is 19.4 Å². The van der Waals surface area contributed by atoms with Crippen molar-refractivity contribution in [1.82, 2.24) is 4.90 Å². The Morgan fingerprint density at radius 3 is 2.63 bits per heavy atom. The molecule has 1 aliphatic rings. The van der Waals surface area contributed by atoms with Crippen LogP contribution in [0.5, 0.6) is 0 Å². The van der Waals surface area contributed by atoms with Crippen molar-refractivity contribution in [2.45, 2.75) is 59.2 Å². The van der Waals surface area contributed by atoms with E-state index in [1.165, 1.54) is 12.5 Å². The molecule has 0 radical (unpaired) electrons. The Morgan fingerprint density at radius 2 is 1.91 bits per heavy atom. The molecule has 1 N–H and O–H groups in total. The zero-order valence-electron chi connectivity index (χ0n) is 20.9. The van der Waals surface area contributed by atoms with E-state index >= 15 is 0 Å². The second-order valence-corrected chi connectivity index (χ2v) is 9.61. The Morgan fingerprint density at radius 1 is 1.20 bits per heavy atom. The lowest BCUT2D eigenvalue weighted by atomic mass is 9.75. The molecule has 184 valence electrons. The van der Waals surface area contributed by atoms with E-state index < -0.39 is 0 Å². The molecule has 1 amide bonds. The van der Waals surface area contributed by atoms with E-state index in [0.29, 0.717) is 36.5 Å². The summed E-state index contributed by atoms with van der Waals surface area (Å²) < 4.78 is 5.82. The van der Waals surface area contributed by atoms with Gasteiger partial charge in [-0.2, -0.15) is 0 Å². The predicted molar refractivity (Wildman–Crippen MR) is 137 cm³/mol. The Bertz CT molecular complexity index is 1100. The van der Waals surface area contributed by atoms with Crippen LogP contribution in [0.2, 0.25) is 0 Å². The second-order valence-electron chi connectivity index (χ2n) is 9.61. The van der Waals surface area contributed by atoms with Crippen LogP contribution in [0, 0.1) is 17.8 Å². The van der Waals surface area contributed by atoms with Crippen molar-refractivity contribution >= 4 is 17.5 Å². The number of aliphatic hydroxyl groups excluding tert-OH is 1. The van der Waals surface area contributed by atoms with Gasteiger partial charge in [0.15, 0.2) is 5.69 Å². The highest BCUT2D eigenvalue weighted by molar-refractivity contribution is 5.87. The molecule has 0 saturated heterocycles. The van der Waals surface area contributed by atoms with E-state index in [-0.39, 0.29) is 18.0 Å². The van der Waals surface area contributed by atoms with Crippen molar-refractivity contribution in [1.29, 1.82) is 0 Å². The van der Waals surface area contributed by atoms with Gasteiger partial charge in [-0.15, -0.1) is 0 Å². The fourth-order valence-electron chi connectivity index (χ4n) is 4.63. The van der Waals surface area contributed by atoms with Gasteiger partial charge in [0.1, 0.15) is 16.0 Å². The number of rotatable bonds is 9. The Hall–Kier alpha value is -3.59. The maximum Gasteiger partial charge on any atom is 0.441 e. The van der Waals surface area contributed by atoms with Gasteiger partial charge in [0.25, 0.3) is 0 Å². The molecule has 1 aliphatic carbocycles. The van der Waals surface area contributed by atoms with Crippen LogP contribution in [0.3, 0.4) is 0 Å². The van der Waals surface area contributed by atoms with Gasteiger partial charge in [-0.25, -0.2) is 0 Å². The Labute approximate surface area is 208 Å².